The van der Waals surface area contributed by atoms with Crippen molar-refractivity contribution < 1.29 is 4.74 Å². The average Bonchev–Trinajstić information content (AvgIpc) is 2.52. The summed E-state index contributed by atoms with van der Waals surface area (Å²) in [6.45, 7) is 1.85. The predicted octanol–water partition coefficient (Wildman–Crippen LogP) is 3.25. The second-order valence-electron chi connectivity index (χ2n) is 5.32. The van der Waals surface area contributed by atoms with Crippen LogP contribution in [0.3, 0.4) is 0 Å². The van der Waals surface area contributed by atoms with Gasteiger partial charge in [0.2, 0.25) is 5.95 Å². The monoisotopic (exact) mass is 335 g/mol. The SMILES string of the molecule is COc1ccc(Nc2ccnc(NCCCN(C)C)n2)cc1Cl. The lowest BCUT2D eigenvalue weighted by Crippen LogP contribution is -2.17. The molecule has 124 valence electrons. The van der Waals surface area contributed by atoms with Crippen molar-refractivity contribution in [2.24, 2.45) is 0 Å². The number of methoxy groups -OCH3 is 1. The van der Waals surface area contributed by atoms with E-state index < -0.39 is 0 Å². The smallest absolute Gasteiger partial charge is 0.224 e. The molecule has 0 saturated heterocycles. The normalized spacial score (nSPS) is 10.7. The van der Waals surface area contributed by atoms with Crippen LogP contribution in [-0.4, -0.2) is 49.2 Å². The fourth-order valence-electron chi connectivity index (χ4n) is 2.00. The molecule has 2 N–H and O–H groups in total. The van der Waals surface area contributed by atoms with Crippen molar-refractivity contribution in [3.63, 3.8) is 0 Å². The van der Waals surface area contributed by atoms with Crippen LogP contribution in [0, 0.1) is 0 Å². The summed E-state index contributed by atoms with van der Waals surface area (Å²) in [5.74, 6) is 1.95. The summed E-state index contributed by atoms with van der Waals surface area (Å²) in [7, 11) is 5.70. The van der Waals surface area contributed by atoms with E-state index in [1.165, 1.54) is 0 Å². The Morgan fingerprint density at radius 3 is 2.78 bits per heavy atom. The highest BCUT2D eigenvalue weighted by atomic mass is 35.5. The summed E-state index contributed by atoms with van der Waals surface area (Å²) in [4.78, 5) is 10.8. The minimum absolute atomic E-state index is 0.550. The van der Waals surface area contributed by atoms with E-state index in [-0.39, 0.29) is 0 Å². The molecule has 0 bridgehead atoms. The Morgan fingerprint density at radius 1 is 1.26 bits per heavy atom. The fraction of sp³-hybridized carbons (Fsp3) is 0.375. The first-order chi connectivity index (χ1) is 11.1. The topological polar surface area (TPSA) is 62.3 Å². The fourth-order valence-corrected chi connectivity index (χ4v) is 2.26. The molecule has 0 atom stereocenters. The summed E-state index contributed by atoms with van der Waals surface area (Å²) in [5.41, 5.74) is 0.841. The van der Waals surface area contributed by atoms with E-state index in [1.807, 2.05) is 18.2 Å². The molecule has 0 aliphatic heterocycles. The molecule has 2 aromatic rings. The van der Waals surface area contributed by atoms with Gasteiger partial charge in [-0.05, 0) is 51.3 Å². The molecular weight excluding hydrogens is 314 g/mol. The molecule has 23 heavy (non-hydrogen) atoms. The molecule has 0 spiro atoms. The number of aromatic nitrogens is 2. The van der Waals surface area contributed by atoms with Crippen molar-refractivity contribution in [1.29, 1.82) is 0 Å². The Balaban J connectivity index is 1.95. The second-order valence-corrected chi connectivity index (χ2v) is 5.73. The quantitative estimate of drug-likeness (QED) is 0.722. The molecule has 0 unspecified atom stereocenters. The summed E-state index contributed by atoms with van der Waals surface area (Å²) < 4.78 is 5.14. The summed E-state index contributed by atoms with van der Waals surface area (Å²) >= 11 is 6.12. The van der Waals surface area contributed by atoms with Crippen LogP contribution in [0.4, 0.5) is 17.5 Å². The van der Waals surface area contributed by atoms with Gasteiger partial charge >= 0.3 is 0 Å². The zero-order valence-electron chi connectivity index (χ0n) is 13.6. The third-order valence-corrected chi connectivity index (χ3v) is 3.44. The van der Waals surface area contributed by atoms with Crippen molar-refractivity contribution in [2.75, 3.05) is 44.9 Å². The van der Waals surface area contributed by atoms with Gasteiger partial charge in [-0.15, -0.1) is 0 Å². The third-order valence-electron chi connectivity index (χ3n) is 3.14. The number of halogens is 1. The Labute approximate surface area is 141 Å². The Kier molecular flexibility index (Phi) is 6.43. The maximum absolute atomic E-state index is 6.12. The van der Waals surface area contributed by atoms with Crippen LogP contribution >= 0.6 is 11.6 Å². The molecule has 0 aliphatic rings. The van der Waals surface area contributed by atoms with Gasteiger partial charge in [0.05, 0.1) is 12.1 Å². The van der Waals surface area contributed by atoms with Crippen molar-refractivity contribution in [3.05, 3.63) is 35.5 Å². The largest absolute Gasteiger partial charge is 0.495 e. The summed E-state index contributed by atoms with van der Waals surface area (Å²) in [5, 5.41) is 6.98. The van der Waals surface area contributed by atoms with Gasteiger partial charge in [0.25, 0.3) is 0 Å². The number of rotatable bonds is 8. The van der Waals surface area contributed by atoms with Gasteiger partial charge in [-0.1, -0.05) is 11.6 Å². The van der Waals surface area contributed by atoms with Crippen molar-refractivity contribution in [3.8, 4) is 5.75 Å². The van der Waals surface area contributed by atoms with Crippen LogP contribution in [-0.2, 0) is 0 Å². The number of nitrogens with zero attached hydrogens (tertiary/aromatic N) is 3. The van der Waals surface area contributed by atoms with Crippen LogP contribution in [0.5, 0.6) is 5.75 Å². The van der Waals surface area contributed by atoms with Gasteiger partial charge in [-0.2, -0.15) is 4.98 Å². The number of benzene rings is 1. The molecule has 2 rings (SSSR count). The van der Waals surface area contributed by atoms with E-state index in [0.29, 0.717) is 22.5 Å². The molecule has 1 aromatic carbocycles. The Bertz CT molecular complexity index is 636. The van der Waals surface area contributed by atoms with Gasteiger partial charge in [0.15, 0.2) is 0 Å². The first kappa shape index (κ1) is 17.3. The lowest BCUT2D eigenvalue weighted by atomic mass is 10.3. The molecule has 1 heterocycles. The highest BCUT2D eigenvalue weighted by Gasteiger charge is 2.04. The highest BCUT2D eigenvalue weighted by molar-refractivity contribution is 6.32. The van der Waals surface area contributed by atoms with Gasteiger partial charge in [-0.3, -0.25) is 0 Å². The number of anilines is 3. The van der Waals surface area contributed by atoms with Gasteiger partial charge in [-0.25, -0.2) is 4.98 Å². The molecule has 0 amide bonds. The average molecular weight is 336 g/mol. The Hall–Kier alpha value is -2.05. The van der Waals surface area contributed by atoms with E-state index in [4.69, 9.17) is 16.3 Å². The van der Waals surface area contributed by atoms with Crippen LogP contribution in [0.15, 0.2) is 30.5 Å². The maximum atomic E-state index is 6.12. The van der Waals surface area contributed by atoms with Gasteiger partial charge < -0.3 is 20.3 Å². The standard InChI is InChI=1S/C16H22ClN5O/c1-22(2)10-4-8-18-16-19-9-7-15(21-16)20-12-5-6-14(23-3)13(17)11-12/h5-7,9,11H,4,8,10H2,1-3H3,(H2,18,19,20,21). The lowest BCUT2D eigenvalue weighted by molar-refractivity contribution is 0.405. The second kappa shape index (κ2) is 8.55. The first-order valence-electron chi connectivity index (χ1n) is 7.40. The number of hydrogen-bond donors (Lipinski definition) is 2. The number of ether oxygens (including phenoxy) is 1. The zero-order valence-corrected chi connectivity index (χ0v) is 14.4. The molecule has 1 aromatic heterocycles. The van der Waals surface area contributed by atoms with E-state index in [9.17, 15) is 0 Å². The highest BCUT2D eigenvalue weighted by Crippen LogP contribution is 2.28. The van der Waals surface area contributed by atoms with Crippen LogP contribution in [0.25, 0.3) is 0 Å². The van der Waals surface area contributed by atoms with Crippen LogP contribution in [0.2, 0.25) is 5.02 Å². The van der Waals surface area contributed by atoms with E-state index in [1.54, 1.807) is 19.4 Å². The van der Waals surface area contributed by atoms with Crippen molar-refractivity contribution in [1.82, 2.24) is 14.9 Å². The molecular formula is C16H22ClN5O. The Morgan fingerprint density at radius 2 is 2.09 bits per heavy atom. The molecule has 6 nitrogen and oxygen atoms in total. The molecule has 7 heteroatoms. The summed E-state index contributed by atoms with van der Waals surface area (Å²) in [6.07, 6.45) is 2.75. The molecule has 0 radical (unpaired) electrons. The first-order valence-corrected chi connectivity index (χ1v) is 7.78. The minimum Gasteiger partial charge on any atom is -0.495 e. The summed E-state index contributed by atoms with van der Waals surface area (Å²) in [6, 6.07) is 7.30. The van der Waals surface area contributed by atoms with E-state index in [2.05, 4.69) is 39.6 Å². The van der Waals surface area contributed by atoms with Gasteiger partial charge in [0, 0.05) is 18.4 Å². The maximum Gasteiger partial charge on any atom is 0.224 e. The molecule has 0 aliphatic carbocycles. The van der Waals surface area contributed by atoms with Crippen LogP contribution < -0.4 is 15.4 Å². The number of hydrogen-bond acceptors (Lipinski definition) is 6. The van der Waals surface area contributed by atoms with Crippen LogP contribution in [0.1, 0.15) is 6.42 Å². The molecule has 0 fully saturated rings. The van der Waals surface area contributed by atoms with E-state index >= 15 is 0 Å². The lowest BCUT2D eigenvalue weighted by Gasteiger charge is -2.11. The third kappa shape index (κ3) is 5.58. The van der Waals surface area contributed by atoms with E-state index in [0.717, 1.165) is 25.2 Å². The number of nitrogens with one attached hydrogen (secondary N) is 2. The minimum atomic E-state index is 0.550. The molecule has 0 saturated carbocycles. The predicted molar refractivity (Wildman–Crippen MR) is 95.0 cm³/mol. The zero-order chi connectivity index (χ0) is 16.7. The van der Waals surface area contributed by atoms with Gasteiger partial charge in [0.1, 0.15) is 11.6 Å². The van der Waals surface area contributed by atoms with Crippen molar-refractivity contribution >= 4 is 29.1 Å². The van der Waals surface area contributed by atoms with Crippen molar-refractivity contribution in [2.45, 2.75) is 6.42 Å².